The lowest BCUT2D eigenvalue weighted by Crippen LogP contribution is -2.53. The summed E-state index contributed by atoms with van der Waals surface area (Å²) >= 11 is 0. The summed E-state index contributed by atoms with van der Waals surface area (Å²) in [6, 6.07) is 8.85. The molecule has 2 heterocycles. The van der Waals surface area contributed by atoms with Gasteiger partial charge in [0.05, 0.1) is 24.2 Å². The predicted molar refractivity (Wildman–Crippen MR) is 148 cm³/mol. The Balaban J connectivity index is 1.62. The Kier molecular flexibility index (Phi) is 9.61. The van der Waals surface area contributed by atoms with Gasteiger partial charge in [0.2, 0.25) is 17.7 Å². The predicted octanol–water partition coefficient (Wildman–Crippen LogP) is 0.0345. The maximum Gasteiger partial charge on any atom is 0.275 e. The molecule has 2 unspecified atom stereocenters. The summed E-state index contributed by atoms with van der Waals surface area (Å²) in [5.74, 6) is -2.89. The zero-order valence-electron chi connectivity index (χ0n) is 22.3. The molecule has 0 saturated carbocycles. The second kappa shape index (κ2) is 13.7. The van der Waals surface area contributed by atoms with Crippen LogP contribution in [0.5, 0.6) is 11.5 Å². The average molecular weight is 576 g/mol. The third-order valence-electron chi connectivity index (χ3n) is 6.18. The number of hydrogen-bond donors (Lipinski definition) is 6. The molecule has 0 aliphatic carbocycles. The number of phenols is 1. The largest absolute Gasteiger partial charge is 0.508 e. The van der Waals surface area contributed by atoms with Crippen LogP contribution >= 0.6 is 0 Å². The highest BCUT2D eigenvalue weighted by Gasteiger charge is 2.27. The lowest BCUT2D eigenvalue weighted by molar-refractivity contribution is -0.131. The van der Waals surface area contributed by atoms with E-state index in [1.165, 1.54) is 48.9 Å². The highest BCUT2D eigenvalue weighted by atomic mass is 16.5. The third kappa shape index (κ3) is 8.24. The number of rotatable bonds is 6. The Bertz CT molecular complexity index is 1470. The fourth-order valence-electron chi connectivity index (χ4n) is 4.14. The van der Waals surface area contributed by atoms with Crippen molar-refractivity contribution in [2.75, 3.05) is 18.5 Å². The van der Waals surface area contributed by atoms with Crippen LogP contribution in [0.3, 0.4) is 0 Å². The van der Waals surface area contributed by atoms with Crippen LogP contribution in [0.2, 0.25) is 0 Å². The molecule has 0 radical (unpaired) electrons. The molecule has 14 nitrogen and oxygen atoms in total. The Morgan fingerprint density at radius 1 is 1.07 bits per heavy atom. The van der Waals surface area contributed by atoms with E-state index in [0.29, 0.717) is 0 Å². The van der Waals surface area contributed by atoms with Crippen molar-refractivity contribution in [3.8, 4) is 11.5 Å². The van der Waals surface area contributed by atoms with Gasteiger partial charge in [0.15, 0.2) is 0 Å². The first-order valence-electron chi connectivity index (χ1n) is 13.0. The van der Waals surface area contributed by atoms with Gasteiger partial charge in [-0.15, -0.1) is 0 Å². The van der Waals surface area contributed by atoms with Crippen LogP contribution in [0.15, 0.2) is 61.1 Å². The summed E-state index contributed by atoms with van der Waals surface area (Å²) in [4.78, 5) is 70.8. The Morgan fingerprint density at radius 3 is 2.57 bits per heavy atom. The van der Waals surface area contributed by atoms with Gasteiger partial charge in [-0.3, -0.25) is 29.0 Å². The van der Waals surface area contributed by atoms with Gasteiger partial charge in [-0.25, -0.2) is 4.98 Å². The molecule has 3 aromatic rings. The molecule has 7 N–H and O–H groups in total. The highest BCUT2D eigenvalue weighted by Crippen LogP contribution is 2.24. The van der Waals surface area contributed by atoms with Gasteiger partial charge in [0.1, 0.15) is 29.8 Å². The minimum absolute atomic E-state index is 0.0661. The molecule has 1 aliphatic rings. The molecule has 1 aromatic heterocycles. The van der Waals surface area contributed by atoms with Crippen LogP contribution in [-0.4, -0.2) is 69.8 Å². The average Bonchev–Trinajstić information content (AvgIpc) is 2.96. The maximum atomic E-state index is 13.1. The quantitative estimate of drug-likeness (QED) is 0.233. The lowest BCUT2D eigenvalue weighted by atomic mass is 10.0. The molecule has 2 atom stereocenters. The van der Waals surface area contributed by atoms with E-state index in [0.717, 1.165) is 5.56 Å². The molecule has 2 aromatic carbocycles. The number of anilines is 1. The number of aromatic hydroxyl groups is 1. The smallest absolute Gasteiger partial charge is 0.275 e. The van der Waals surface area contributed by atoms with Crippen LogP contribution in [0, 0.1) is 0 Å². The first-order valence-corrected chi connectivity index (χ1v) is 13.0. The molecule has 14 heteroatoms. The Labute approximate surface area is 240 Å². The molecule has 1 aliphatic heterocycles. The molecule has 0 saturated heterocycles. The van der Waals surface area contributed by atoms with E-state index < -0.39 is 48.0 Å². The van der Waals surface area contributed by atoms with Crippen LogP contribution in [0.1, 0.15) is 39.3 Å². The number of fused-ring (bicyclic) bond motifs is 1. The summed E-state index contributed by atoms with van der Waals surface area (Å²) in [7, 11) is 0. The number of carbonyl (C=O) groups is 5. The van der Waals surface area contributed by atoms with Crippen molar-refractivity contribution in [1.29, 1.82) is 0 Å². The van der Waals surface area contributed by atoms with Crippen molar-refractivity contribution in [1.82, 2.24) is 25.9 Å². The molecular formula is C28H29N7O7. The number of nitrogens with one attached hydrogen (secondary N) is 4. The van der Waals surface area contributed by atoms with Crippen molar-refractivity contribution >= 4 is 35.2 Å². The van der Waals surface area contributed by atoms with Crippen LogP contribution in [0.4, 0.5) is 5.69 Å². The standard InChI is InChI=1S/C28H29N7O7/c29-24(37)13-21-27(40)34-18(11-16-1-4-19(36)5-2-16)15-42-23-6-3-17(33-28(41)22-14-30-9-10-31-22)12-20(23)26(39)32-8-7-25(38)35-21/h1-6,9-10,12,14,18,21,36H,7-8,11,13,15H2,(H2,29,37)(H,32,39)(H,33,41)(H,34,40)(H,35,38). The van der Waals surface area contributed by atoms with E-state index >= 15 is 0 Å². The van der Waals surface area contributed by atoms with Crippen LogP contribution in [0.25, 0.3) is 0 Å². The number of nitrogens with zero attached hydrogens (tertiary/aromatic N) is 2. The lowest BCUT2D eigenvalue weighted by Gasteiger charge is -2.24. The van der Waals surface area contributed by atoms with E-state index in [-0.39, 0.29) is 54.4 Å². The molecule has 0 fully saturated rings. The monoisotopic (exact) mass is 575 g/mol. The van der Waals surface area contributed by atoms with E-state index in [1.807, 2.05) is 0 Å². The van der Waals surface area contributed by atoms with Gasteiger partial charge < -0.3 is 36.8 Å². The van der Waals surface area contributed by atoms with E-state index in [2.05, 4.69) is 31.2 Å². The van der Waals surface area contributed by atoms with Gasteiger partial charge in [-0.1, -0.05) is 12.1 Å². The first-order chi connectivity index (χ1) is 20.2. The van der Waals surface area contributed by atoms with E-state index in [4.69, 9.17) is 10.5 Å². The third-order valence-corrected chi connectivity index (χ3v) is 6.18. The number of ether oxygens (including phenoxy) is 1. The zero-order chi connectivity index (χ0) is 30.1. The van der Waals surface area contributed by atoms with E-state index in [1.54, 1.807) is 12.1 Å². The minimum atomic E-state index is -1.23. The molecule has 4 rings (SSSR count). The molecule has 5 amide bonds. The molecule has 218 valence electrons. The number of carbonyl (C=O) groups excluding carboxylic acids is 5. The number of primary amides is 1. The van der Waals surface area contributed by atoms with Gasteiger partial charge in [-0.05, 0) is 42.3 Å². The summed E-state index contributed by atoms with van der Waals surface area (Å²) in [6.45, 7) is -0.204. The van der Waals surface area contributed by atoms with Crippen molar-refractivity contribution in [3.63, 3.8) is 0 Å². The number of hydrogen-bond acceptors (Lipinski definition) is 9. The van der Waals surface area contributed by atoms with Gasteiger partial charge >= 0.3 is 0 Å². The first kappa shape index (κ1) is 29.5. The highest BCUT2D eigenvalue weighted by molar-refractivity contribution is 6.04. The fraction of sp³-hybridized carbons (Fsp3) is 0.250. The van der Waals surface area contributed by atoms with Crippen molar-refractivity contribution in [2.45, 2.75) is 31.3 Å². The number of benzene rings is 2. The fourth-order valence-corrected chi connectivity index (χ4v) is 4.14. The number of nitrogens with two attached hydrogens (primary N) is 1. The van der Waals surface area contributed by atoms with Gasteiger partial charge in [0, 0.05) is 31.0 Å². The van der Waals surface area contributed by atoms with Crippen molar-refractivity contribution in [3.05, 3.63) is 77.9 Å². The minimum Gasteiger partial charge on any atom is -0.508 e. The van der Waals surface area contributed by atoms with Crippen LogP contribution in [-0.2, 0) is 20.8 Å². The van der Waals surface area contributed by atoms with Gasteiger partial charge in [0.25, 0.3) is 11.8 Å². The maximum absolute atomic E-state index is 13.1. The molecule has 42 heavy (non-hydrogen) atoms. The number of phenolic OH excluding ortho intramolecular Hbond substituents is 1. The summed E-state index contributed by atoms with van der Waals surface area (Å²) in [6.07, 6.45) is 3.73. The van der Waals surface area contributed by atoms with Gasteiger partial charge in [-0.2, -0.15) is 0 Å². The van der Waals surface area contributed by atoms with Crippen molar-refractivity contribution in [2.24, 2.45) is 5.73 Å². The van der Waals surface area contributed by atoms with Crippen molar-refractivity contribution < 1.29 is 33.8 Å². The SMILES string of the molecule is NC(=O)CC1NC(=O)CCNC(=O)c2cc(NC(=O)c3cnccn3)ccc2OCC(Cc2ccc(O)cc2)NC1=O. The molecular weight excluding hydrogens is 546 g/mol. The normalized spacial score (nSPS) is 17.8. The molecule has 0 bridgehead atoms. The number of aromatic nitrogens is 2. The second-order valence-corrected chi connectivity index (χ2v) is 9.44. The molecule has 0 spiro atoms. The summed E-state index contributed by atoms with van der Waals surface area (Å²) < 4.78 is 6.00. The summed E-state index contributed by atoms with van der Waals surface area (Å²) in [5.41, 5.74) is 6.48. The number of amides is 5. The van der Waals surface area contributed by atoms with Crippen LogP contribution < -0.4 is 31.7 Å². The summed E-state index contributed by atoms with van der Waals surface area (Å²) in [5, 5.41) is 20.2. The zero-order valence-corrected chi connectivity index (χ0v) is 22.3. The topological polar surface area (TPSA) is 215 Å². The van der Waals surface area contributed by atoms with E-state index in [9.17, 15) is 29.1 Å². The Morgan fingerprint density at radius 2 is 1.86 bits per heavy atom. The Hall–Kier alpha value is -5.53. The second-order valence-electron chi connectivity index (χ2n) is 9.44.